The number of hydrazine groups is 1. The normalized spacial score (nSPS) is 11.3. The van der Waals surface area contributed by atoms with E-state index in [0.717, 1.165) is 19.0 Å². The monoisotopic (exact) mass is 227 g/mol. The number of anilines is 2. The van der Waals surface area contributed by atoms with Crippen LogP contribution in [0.15, 0.2) is 6.20 Å². The Kier molecular flexibility index (Phi) is 4.00. The lowest BCUT2D eigenvalue weighted by molar-refractivity contribution is 0.471. The molecule has 1 heterocycles. The van der Waals surface area contributed by atoms with Crippen LogP contribution in [0.3, 0.4) is 0 Å². The molecule has 1 rings (SSSR count). The van der Waals surface area contributed by atoms with Gasteiger partial charge in [0.05, 0.1) is 6.20 Å². The van der Waals surface area contributed by atoms with Gasteiger partial charge in [0, 0.05) is 5.54 Å². The first-order valence-electron chi connectivity index (χ1n) is 5.32. The average Bonchev–Trinajstić information content (AvgIpc) is 2.32. The van der Waals surface area contributed by atoms with Crippen molar-refractivity contribution in [3.63, 3.8) is 0 Å². The molecule has 0 bridgehead atoms. The molecule has 0 aliphatic heterocycles. The lowest BCUT2D eigenvalue weighted by atomic mass is 9.96. The smallest absolute Gasteiger partial charge is 0.239 e. The molecule has 0 radical (unpaired) electrons. The number of hydrogen-bond acceptors (Lipinski definition) is 5. The van der Waals surface area contributed by atoms with E-state index in [1.54, 1.807) is 0 Å². The summed E-state index contributed by atoms with van der Waals surface area (Å²) in [5.41, 5.74) is 2.11. The van der Waals surface area contributed by atoms with Crippen molar-refractivity contribution in [3.8, 4) is 0 Å². The molecule has 4 N–H and O–H groups in total. The summed E-state index contributed by atoms with van der Waals surface area (Å²) in [6, 6.07) is 0. The highest BCUT2D eigenvalue weighted by atomic mass is 19.1. The molecule has 90 valence electrons. The fraction of sp³-hybridized carbons (Fsp3) is 0.600. The van der Waals surface area contributed by atoms with E-state index in [4.69, 9.17) is 5.84 Å². The van der Waals surface area contributed by atoms with Gasteiger partial charge in [0.2, 0.25) is 5.95 Å². The van der Waals surface area contributed by atoms with Gasteiger partial charge in [-0.05, 0) is 19.8 Å². The van der Waals surface area contributed by atoms with Gasteiger partial charge in [-0.15, -0.1) is 0 Å². The highest BCUT2D eigenvalue weighted by Crippen LogP contribution is 2.22. The summed E-state index contributed by atoms with van der Waals surface area (Å²) in [7, 11) is 0. The van der Waals surface area contributed by atoms with Crippen molar-refractivity contribution in [2.45, 2.75) is 39.2 Å². The Hall–Kier alpha value is -1.43. The maximum atomic E-state index is 13.5. The van der Waals surface area contributed by atoms with Crippen LogP contribution in [-0.4, -0.2) is 15.5 Å². The molecular weight excluding hydrogens is 209 g/mol. The fourth-order valence-electron chi connectivity index (χ4n) is 1.24. The third-order valence-electron chi connectivity index (χ3n) is 2.85. The molecule has 1 aromatic heterocycles. The largest absolute Gasteiger partial charge is 0.362 e. The molecule has 0 aliphatic rings. The number of nitrogens with two attached hydrogens (primary N) is 1. The Balaban J connectivity index is 2.95. The fourth-order valence-corrected chi connectivity index (χ4v) is 1.24. The van der Waals surface area contributed by atoms with Crippen molar-refractivity contribution in [3.05, 3.63) is 12.0 Å². The van der Waals surface area contributed by atoms with Gasteiger partial charge in [-0.25, -0.2) is 15.2 Å². The van der Waals surface area contributed by atoms with Crippen LogP contribution in [0.25, 0.3) is 0 Å². The maximum absolute atomic E-state index is 13.5. The Morgan fingerprint density at radius 3 is 2.56 bits per heavy atom. The molecule has 0 aromatic carbocycles. The molecule has 0 saturated carbocycles. The van der Waals surface area contributed by atoms with E-state index < -0.39 is 5.82 Å². The molecule has 16 heavy (non-hydrogen) atoms. The Bertz CT molecular complexity index is 351. The average molecular weight is 227 g/mol. The molecule has 0 amide bonds. The molecule has 1 aromatic rings. The van der Waals surface area contributed by atoms with E-state index in [1.165, 1.54) is 0 Å². The minimum atomic E-state index is -0.480. The maximum Gasteiger partial charge on any atom is 0.239 e. The van der Waals surface area contributed by atoms with Gasteiger partial charge in [0.15, 0.2) is 11.6 Å². The predicted octanol–water partition coefficient (Wildman–Crippen LogP) is 1.89. The summed E-state index contributed by atoms with van der Waals surface area (Å²) in [5.74, 6) is 5.06. The first-order chi connectivity index (χ1) is 7.54. The molecule has 0 spiro atoms. The SMILES string of the molecule is CCC(C)(CC)Nc1nc(NN)ncc1F. The number of rotatable bonds is 5. The van der Waals surface area contributed by atoms with Gasteiger partial charge >= 0.3 is 0 Å². The predicted molar refractivity (Wildman–Crippen MR) is 62.4 cm³/mol. The Labute approximate surface area is 94.6 Å². The summed E-state index contributed by atoms with van der Waals surface area (Å²) < 4.78 is 13.5. The molecule has 0 aliphatic carbocycles. The molecule has 5 nitrogen and oxygen atoms in total. The molecule has 6 heteroatoms. The van der Waals surface area contributed by atoms with E-state index >= 15 is 0 Å². The van der Waals surface area contributed by atoms with Crippen LogP contribution in [0, 0.1) is 5.82 Å². The van der Waals surface area contributed by atoms with Crippen molar-refractivity contribution in [1.82, 2.24) is 9.97 Å². The van der Waals surface area contributed by atoms with Crippen molar-refractivity contribution in [2.24, 2.45) is 5.84 Å². The molecule has 0 saturated heterocycles. The zero-order valence-corrected chi connectivity index (χ0v) is 9.84. The highest BCUT2D eigenvalue weighted by Gasteiger charge is 2.21. The first-order valence-corrected chi connectivity index (χ1v) is 5.32. The second-order valence-electron chi connectivity index (χ2n) is 3.93. The van der Waals surface area contributed by atoms with Gasteiger partial charge in [-0.3, -0.25) is 5.43 Å². The van der Waals surface area contributed by atoms with Crippen LogP contribution >= 0.6 is 0 Å². The van der Waals surface area contributed by atoms with Crippen molar-refractivity contribution >= 4 is 11.8 Å². The zero-order valence-electron chi connectivity index (χ0n) is 9.84. The van der Waals surface area contributed by atoms with E-state index in [2.05, 4.69) is 20.7 Å². The number of nitrogens with one attached hydrogen (secondary N) is 2. The summed E-state index contributed by atoms with van der Waals surface area (Å²) in [6.45, 7) is 6.10. The topological polar surface area (TPSA) is 75.9 Å². The minimum Gasteiger partial charge on any atom is -0.362 e. The summed E-state index contributed by atoms with van der Waals surface area (Å²) in [6.07, 6.45) is 2.84. The molecule has 0 fully saturated rings. The van der Waals surface area contributed by atoms with Gasteiger partial charge in [-0.1, -0.05) is 13.8 Å². The minimum absolute atomic E-state index is 0.175. The number of nitrogen functional groups attached to an aromatic ring is 1. The van der Waals surface area contributed by atoms with Gasteiger partial charge in [0.1, 0.15) is 0 Å². The lowest BCUT2D eigenvalue weighted by Crippen LogP contribution is -2.34. The van der Waals surface area contributed by atoms with Crippen LogP contribution in [0.1, 0.15) is 33.6 Å². The van der Waals surface area contributed by atoms with Gasteiger partial charge in [0.25, 0.3) is 0 Å². The quantitative estimate of drug-likeness (QED) is 0.529. The van der Waals surface area contributed by atoms with Crippen LogP contribution < -0.4 is 16.6 Å². The van der Waals surface area contributed by atoms with E-state index in [0.29, 0.717) is 0 Å². The standard InChI is InChI=1S/C10H18FN5/c1-4-10(3,5-2)15-8-7(11)6-13-9(14-8)16-12/h6H,4-5,12H2,1-3H3,(H2,13,14,15,16). The molecule has 0 atom stereocenters. The summed E-state index contributed by atoms with van der Waals surface area (Å²) >= 11 is 0. The third kappa shape index (κ3) is 2.79. The number of nitrogens with zero attached hydrogens (tertiary/aromatic N) is 2. The summed E-state index contributed by atoms with van der Waals surface area (Å²) in [5, 5.41) is 3.08. The van der Waals surface area contributed by atoms with Crippen LogP contribution in [0.4, 0.5) is 16.2 Å². The van der Waals surface area contributed by atoms with E-state index in [9.17, 15) is 4.39 Å². The number of hydrogen-bond donors (Lipinski definition) is 3. The van der Waals surface area contributed by atoms with E-state index in [1.807, 2.05) is 20.8 Å². The first kappa shape index (κ1) is 12.6. The molecular formula is C10H18FN5. The second kappa shape index (κ2) is 5.07. The molecule has 0 unspecified atom stereocenters. The van der Waals surface area contributed by atoms with Crippen molar-refractivity contribution in [2.75, 3.05) is 10.7 Å². The third-order valence-corrected chi connectivity index (χ3v) is 2.85. The number of halogens is 1. The highest BCUT2D eigenvalue weighted by molar-refractivity contribution is 5.42. The van der Waals surface area contributed by atoms with Crippen molar-refractivity contribution < 1.29 is 4.39 Å². The number of aromatic nitrogens is 2. The van der Waals surface area contributed by atoms with Crippen LogP contribution in [0.2, 0.25) is 0 Å². The lowest BCUT2D eigenvalue weighted by Gasteiger charge is -2.29. The zero-order chi connectivity index (χ0) is 12.2. The second-order valence-corrected chi connectivity index (χ2v) is 3.93. The van der Waals surface area contributed by atoms with Crippen LogP contribution in [-0.2, 0) is 0 Å². The Morgan fingerprint density at radius 2 is 2.06 bits per heavy atom. The van der Waals surface area contributed by atoms with Crippen molar-refractivity contribution in [1.29, 1.82) is 0 Å². The van der Waals surface area contributed by atoms with E-state index in [-0.39, 0.29) is 17.3 Å². The van der Waals surface area contributed by atoms with Gasteiger partial charge < -0.3 is 5.32 Å². The van der Waals surface area contributed by atoms with Crippen LogP contribution in [0.5, 0.6) is 0 Å². The summed E-state index contributed by atoms with van der Waals surface area (Å²) in [4.78, 5) is 7.62. The Morgan fingerprint density at radius 1 is 1.44 bits per heavy atom. The van der Waals surface area contributed by atoms with Gasteiger partial charge in [-0.2, -0.15) is 4.98 Å².